The lowest BCUT2D eigenvalue weighted by Gasteiger charge is -2.11. The van der Waals surface area contributed by atoms with E-state index in [-0.39, 0.29) is 0 Å². The van der Waals surface area contributed by atoms with Gasteiger partial charge in [0.25, 0.3) is 0 Å². The maximum Gasteiger partial charge on any atom is 0.0705 e. The molecule has 3 heteroatoms. The zero-order chi connectivity index (χ0) is 13.9. The summed E-state index contributed by atoms with van der Waals surface area (Å²) < 4.78 is 1.09. The Morgan fingerprint density at radius 2 is 1.95 bits per heavy atom. The van der Waals surface area contributed by atoms with Gasteiger partial charge in [0.15, 0.2) is 0 Å². The Hall–Kier alpha value is -1.87. The fourth-order valence-electron chi connectivity index (χ4n) is 2.26. The highest BCUT2D eigenvalue weighted by Gasteiger charge is 2.03. The van der Waals surface area contributed by atoms with Gasteiger partial charge in [-0.05, 0) is 58.2 Å². The number of hydrogen-bond donors (Lipinski definition) is 1. The third kappa shape index (κ3) is 2.68. The number of nitrogens with one attached hydrogen (secondary N) is 1. The second-order valence-corrected chi connectivity index (χ2v) is 5.68. The first-order valence-corrected chi connectivity index (χ1v) is 7.36. The van der Waals surface area contributed by atoms with Crippen molar-refractivity contribution in [3.05, 3.63) is 70.3 Å². The Morgan fingerprint density at radius 1 is 1.10 bits per heavy atom. The first-order valence-electron chi connectivity index (χ1n) is 6.57. The lowest BCUT2D eigenvalue weighted by molar-refractivity contribution is 1.15. The van der Waals surface area contributed by atoms with E-state index in [2.05, 4.69) is 69.6 Å². The molecule has 0 fully saturated rings. The monoisotopic (exact) mass is 326 g/mol. The number of pyridine rings is 1. The predicted molar refractivity (Wildman–Crippen MR) is 87.9 cm³/mol. The van der Waals surface area contributed by atoms with Gasteiger partial charge in [0, 0.05) is 28.3 Å². The molecule has 20 heavy (non-hydrogen) atoms. The number of benzene rings is 2. The summed E-state index contributed by atoms with van der Waals surface area (Å²) >= 11 is 3.60. The van der Waals surface area contributed by atoms with Crippen molar-refractivity contribution in [3.63, 3.8) is 0 Å². The zero-order valence-electron chi connectivity index (χ0n) is 11.2. The molecule has 0 aliphatic carbocycles. The van der Waals surface area contributed by atoms with Gasteiger partial charge in [-0.25, -0.2) is 0 Å². The summed E-state index contributed by atoms with van der Waals surface area (Å²) in [5, 5.41) is 4.67. The van der Waals surface area contributed by atoms with Crippen molar-refractivity contribution in [2.24, 2.45) is 0 Å². The maximum absolute atomic E-state index is 4.39. The van der Waals surface area contributed by atoms with Crippen LogP contribution in [0.2, 0.25) is 0 Å². The highest BCUT2D eigenvalue weighted by molar-refractivity contribution is 9.10. The van der Waals surface area contributed by atoms with Crippen molar-refractivity contribution in [1.29, 1.82) is 0 Å². The number of rotatable bonds is 3. The van der Waals surface area contributed by atoms with Crippen LogP contribution in [0.1, 0.15) is 11.1 Å². The minimum absolute atomic E-state index is 0.782. The molecule has 0 saturated heterocycles. The zero-order valence-corrected chi connectivity index (χ0v) is 12.8. The molecule has 1 N–H and O–H groups in total. The van der Waals surface area contributed by atoms with Crippen LogP contribution in [0.3, 0.4) is 0 Å². The van der Waals surface area contributed by atoms with E-state index in [1.807, 2.05) is 18.3 Å². The summed E-state index contributed by atoms with van der Waals surface area (Å²) in [6.07, 6.45) is 1.86. The van der Waals surface area contributed by atoms with E-state index in [1.54, 1.807) is 0 Å². The summed E-state index contributed by atoms with van der Waals surface area (Å²) in [6, 6.07) is 16.6. The predicted octanol–water partition coefficient (Wildman–Crippen LogP) is 4.92. The molecular formula is C17H15BrN2. The van der Waals surface area contributed by atoms with Crippen LogP contribution in [0.15, 0.2) is 59.2 Å². The first kappa shape index (κ1) is 13.1. The minimum atomic E-state index is 0.782. The van der Waals surface area contributed by atoms with Crippen LogP contribution >= 0.6 is 15.9 Å². The smallest absolute Gasteiger partial charge is 0.0705 e. The molecule has 3 rings (SSSR count). The van der Waals surface area contributed by atoms with E-state index in [1.165, 1.54) is 16.5 Å². The fourth-order valence-corrected chi connectivity index (χ4v) is 2.90. The molecule has 0 bridgehead atoms. The summed E-state index contributed by atoms with van der Waals surface area (Å²) in [5.74, 6) is 0. The molecule has 2 nitrogen and oxygen atoms in total. The number of aryl methyl sites for hydroxylation is 1. The summed E-state index contributed by atoms with van der Waals surface area (Å²) in [6.45, 7) is 2.87. The normalized spacial score (nSPS) is 10.7. The SMILES string of the molecule is Cc1ccc(NCc2ccnc3ccccc23)c(Br)c1. The standard InChI is InChI=1S/C17H15BrN2/c1-12-6-7-17(15(18)10-12)20-11-13-8-9-19-16-5-3-2-4-14(13)16/h2-10,20H,11H2,1H3. The highest BCUT2D eigenvalue weighted by Crippen LogP contribution is 2.25. The first-order chi connectivity index (χ1) is 9.74. The number of para-hydroxylation sites is 1. The number of aromatic nitrogens is 1. The highest BCUT2D eigenvalue weighted by atomic mass is 79.9. The van der Waals surface area contributed by atoms with Gasteiger partial charge in [-0.15, -0.1) is 0 Å². The van der Waals surface area contributed by atoms with E-state index >= 15 is 0 Å². The number of hydrogen-bond acceptors (Lipinski definition) is 2. The molecule has 0 atom stereocenters. The van der Waals surface area contributed by atoms with Crippen molar-refractivity contribution in [2.75, 3.05) is 5.32 Å². The van der Waals surface area contributed by atoms with Crippen molar-refractivity contribution in [2.45, 2.75) is 13.5 Å². The van der Waals surface area contributed by atoms with Crippen LogP contribution in [0.25, 0.3) is 10.9 Å². The second-order valence-electron chi connectivity index (χ2n) is 4.82. The number of halogens is 1. The average molecular weight is 327 g/mol. The molecule has 1 aromatic heterocycles. The molecule has 1 heterocycles. The minimum Gasteiger partial charge on any atom is -0.380 e. The van der Waals surface area contributed by atoms with Crippen LogP contribution in [-0.2, 0) is 6.54 Å². The third-order valence-corrected chi connectivity index (χ3v) is 3.99. The van der Waals surface area contributed by atoms with Gasteiger partial charge in [-0.1, -0.05) is 24.3 Å². The second kappa shape index (κ2) is 5.63. The summed E-state index contributed by atoms with van der Waals surface area (Å²) in [7, 11) is 0. The molecule has 0 aliphatic heterocycles. The Kier molecular flexibility index (Phi) is 3.70. The summed E-state index contributed by atoms with van der Waals surface area (Å²) in [4.78, 5) is 4.39. The van der Waals surface area contributed by atoms with E-state index in [0.29, 0.717) is 0 Å². The van der Waals surface area contributed by atoms with E-state index in [9.17, 15) is 0 Å². The van der Waals surface area contributed by atoms with Gasteiger partial charge in [0.05, 0.1) is 5.52 Å². The van der Waals surface area contributed by atoms with E-state index in [4.69, 9.17) is 0 Å². The Labute approximate surface area is 127 Å². The molecular weight excluding hydrogens is 312 g/mol. The van der Waals surface area contributed by atoms with Crippen molar-refractivity contribution in [1.82, 2.24) is 4.98 Å². The average Bonchev–Trinajstić information content (AvgIpc) is 2.46. The van der Waals surface area contributed by atoms with Gasteiger partial charge >= 0.3 is 0 Å². The number of nitrogens with zero attached hydrogens (tertiary/aromatic N) is 1. The Balaban J connectivity index is 1.87. The molecule has 0 spiro atoms. The lowest BCUT2D eigenvalue weighted by atomic mass is 10.1. The molecule has 0 unspecified atom stereocenters. The van der Waals surface area contributed by atoms with Crippen molar-refractivity contribution in [3.8, 4) is 0 Å². The Bertz CT molecular complexity index is 748. The third-order valence-electron chi connectivity index (χ3n) is 3.33. The molecule has 0 amide bonds. The summed E-state index contributed by atoms with van der Waals surface area (Å²) in [5.41, 5.74) is 4.64. The van der Waals surface area contributed by atoms with Gasteiger partial charge in [-0.3, -0.25) is 4.98 Å². The molecule has 2 aromatic carbocycles. The van der Waals surface area contributed by atoms with Gasteiger partial charge < -0.3 is 5.32 Å². The van der Waals surface area contributed by atoms with Crippen LogP contribution in [0.5, 0.6) is 0 Å². The lowest BCUT2D eigenvalue weighted by Crippen LogP contribution is -2.01. The maximum atomic E-state index is 4.39. The largest absolute Gasteiger partial charge is 0.380 e. The molecule has 0 saturated carbocycles. The van der Waals surface area contributed by atoms with E-state index in [0.717, 1.165) is 22.2 Å². The van der Waals surface area contributed by atoms with Crippen molar-refractivity contribution < 1.29 is 0 Å². The molecule has 0 radical (unpaired) electrons. The molecule has 100 valence electrons. The van der Waals surface area contributed by atoms with Crippen LogP contribution in [-0.4, -0.2) is 4.98 Å². The van der Waals surface area contributed by atoms with Gasteiger partial charge in [0.1, 0.15) is 0 Å². The Morgan fingerprint density at radius 3 is 2.80 bits per heavy atom. The van der Waals surface area contributed by atoms with Gasteiger partial charge in [-0.2, -0.15) is 0 Å². The van der Waals surface area contributed by atoms with Gasteiger partial charge in [0.2, 0.25) is 0 Å². The topological polar surface area (TPSA) is 24.9 Å². The van der Waals surface area contributed by atoms with Crippen LogP contribution in [0.4, 0.5) is 5.69 Å². The van der Waals surface area contributed by atoms with Crippen molar-refractivity contribution >= 4 is 32.5 Å². The quantitative estimate of drug-likeness (QED) is 0.739. The molecule has 3 aromatic rings. The van der Waals surface area contributed by atoms with Crippen LogP contribution in [0, 0.1) is 6.92 Å². The molecule has 0 aliphatic rings. The van der Waals surface area contributed by atoms with E-state index < -0.39 is 0 Å². The number of anilines is 1. The number of fused-ring (bicyclic) bond motifs is 1. The van der Waals surface area contributed by atoms with Crippen LogP contribution < -0.4 is 5.32 Å². The fraction of sp³-hybridized carbons (Fsp3) is 0.118.